The van der Waals surface area contributed by atoms with Crippen LogP contribution in [0.2, 0.25) is 0 Å². The molecule has 11 nitrogen and oxygen atoms in total. The number of likely N-dealkylation sites (N-methyl/N-ethyl adjacent to an activating group) is 1. The van der Waals surface area contributed by atoms with E-state index in [1.165, 1.54) is 12.3 Å². The smallest absolute Gasteiger partial charge is 0.260 e. The van der Waals surface area contributed by atoms with E-state index in [2.05, 4.69) is 36.2 Å². The third-order valence-corrected chi connectivity index (χ3v) is 6.14. The molecule has 4 N–H and O–H groups in total. The molecule has 3 rings (SSSR count). The van der Waals surface area contributed by atoms with E-state index in [-0.39, 0.29) is 24.0 Å². The van der Waals surface area contributed by atoms with Gasteiger partial charge >= 0.3 is 0 Å². The number of nitrogens with zero attached hydrogens (tertiary/aromatic N) is 4. The lowest BCUT2D eigenvalue weighted by atomic mass is 10.0. The van der Waals surface area contributed by atoms with E-state index >= 15 is 0 Å². The number of ketones is 1. The normalized spacial score (nSPS) is 11.7. The summed E-state index contributed by atoms with van der Waals surface area (Å²) in [4.78, 5) is 52.9. The summed E-state index contributed by atoms with van der Waals surface area (Å²) in [7, 11) is 3.83. The monoisotopic (exact) mass is 572 g/mol. The first-order chi connectivity index (χ1) is 20.2. The van der Waals surface area contributed by atoms with Crippen LogP contribution in [0.1, 0.15) is 42.6 Å². The average molecular weight is 573 g/mol. The van der Waals surface area contributed by atoms with Gasteiger partial charge in [0.15, 0.2) is 5.78 Å². The van der Waals surface area contributed by atoms with Crippen LogP contribution in [0.15, 0.2) is 67.1 Å². The fraction of sp³-hybridized carbons (Fsp3) is 0.355. The molecule has 0 saturated heterocycles. The van der Waals surface area contributed by atoms with Crippen molar-refractivity contribution in [1.82, 2.24) is 19.9 Å². The van der Waals surface area contributed by atoms with Gasteiger partial charge in [0.1, 0.15) is 11.4 Å². The molecule has 0 fully saturated rings. The van der Waals surface area contributed by atoms with Crippen LogP contribution in [0.4, 0.5) is 23.1 Å². The van der Waals surface area contributed by atoms with Crippen molar-refractivity contribution in [2.45, 2.75) is 33.1 Å². The van der Waals surface area contributed by atoms with Crippen LogP contribution in [-0.2, 0) is 16.0 Å². The molecule has 0 unspecified atom stereocenters. The Balaban J connectivity index is 1.61. The number of anilines is 4. The van der Waals surface area contributed by atoms with E-state index in [0.29, 0.717) is 48.3 Å². The highest BCUT2D eigenvalue weighted by Gasteiger charge is 2.18. The third-order valence-electron chi connectivity index (χ3n) is 6.14. The highest BCUT2D eigenvalue weighted by atomic mass is 16.2. The summed E-state index contributed by atoms with van der Waals surface area (Å²) in [5, 5.41) is 12.1. The molecule has 0 bridgehead atoms. The molecule has 1 atom stereocenters. The highest BCUT2D eigenvalue weighted by molar-refractivity contribution is 6.07. The van der Waals surface area contributed by atoms with E-state index in [0.717, 1.165) is 18.4 Å². The van der Waals surface area contributed by atoms with Crippen LogP contribution >= 0.6 is 0 Å². The second-order valence-electron chi connectivity index (χ2n) is 10.2. The molecular weight excluding hydrogens is 532 g/mol. The third kappa shape index (κ3) is 10.7. The topological polar surface area (TPSA) is 141 Å². The van der Waals surface area contributed by atoms with Gasteiger partial charge in [0.05, 0.1) is 0 Å². The fourth-order valence-electron chi connectivity index (χ4n) is 3.88. The first-order valence-corrected chi connectivity index (χ1v) is 14.0. The Morgan fingerprint density at radius 3 is 2.45 bits per heavy atom. The zero-order chi connectivity index (χ0) is 30.3. The Bertz CT molecular complexity index is 1360. The van der Waals surface area contributed by atoms with Gasteiger partial charge in [-0.25, -0.2) is 4.98 Å². The number of pyridine rings is 1. The SMILES string of the molecule is CCCNc1nc(NCCc2ccncc2)ncc1C(=O)Nc1cccc(NC(=O)[C@H](C)CC(=O)/C=C/CN(C)C)c1. The number of amides is 2. The van der Waals surface area contributed by atoms with Gasteiger partial charge in [-0.15, -0.1) is 0 Å². The molecule has 11 heteroatoms. The molecule has 0 aliphatic rings. The van der Waals surface area contributed by atoms with Gasteiger partial charge in [-0.3, -0.25) is 19.4 Å². The zero-order valence-electron chi connectivity index (χ0n) is 24.7. The first kappa shape index (κ1) is 31.9. The minimum Gasteiger partial charge on any atom is -0.369 e. The molecule has 0 radical (unpaired) electrons. The zero-order valence-corrected chi connectivity index (χ0v) is 24.7. The summed E-state index contributed by atoms with van der Waals surface area (Å²) in [6, 6.07) is 10.8. The Hall–Kier alpha value is -4.64. The Morgan fingerprint density at radius 2 is 1.74 bits per heavy atom. The van der Waals surface area contributed by atoms with E-state index in [4.69, 9.17) is 0 Å². The lowest BCUT2D eigenvalue weighted by Crippen LogP contribution is -2.22. The largest absolute Gasteiger partial charge is 0.369 e. The fourth-order valence-corrected chi connectivity index (χ4v) is 3.88. The molecular formula is C31H40N8O3. The molecule has 42 heavy (non-hydrogen) atoms. The van der Waals surface area contributed by atoms with Crippen molar-refractivity contribution in [3.8, 4) is 0 Å². The van der Waals surface area contributed by atoms with E-state index in [1.807, 2.05) is 38.1 Å². The second-order valence-corrected chi connectivity index (χ2v) is 10.2. The highest BCUT2D eigenvalue weighted by Crippen LogP contribution is 2.20. The van der Waals surface area contributed by atoms with E-state index in [9.17, 15) is 14.4 Å². The predicted molar refractivity (Wildman–Crippen MR) is 167 cm³/mol. The van der Waals surface area contributed by atoms with Crippen molar-refractivity contribution in [3.05, 3.63) is 78.3 Å². The molecule has 2 amide bonds. The number of hydrogen-bond acceptors (Lipinski definition) is 9. The van der Waals surface area contributed by atoms with Crippen molar-refractivity contribution in [2.24, 2.45) is 5.92 Å². The maximum absolute atomic E-state index is 13.2. The molecule has 3 aromatic rings. The number of aromatic nitrogens is 3. The van der Waals surface area contributed by atoms with Crippen LogP contribution in [-0.4, -0.2) is 71.2 Å². The Kier molecular flexibility index (Phi) is 12.6. The summed E-state index contributed by atoms with van der Waals surface area (Å²) in [5.74, 6) is -0.433. The number of hydrogen-bond donors (Lipinski definition) is 4. The minimum atomic E-state index is -0.513. The summed E-state index contributed by atoms with van der Waals surface area (Å²) in [6.07, 6.45) is 10.0. The minimum absolute atomic E-state index is 0.105. The van der Waals surface area contributed by atoms with Crippen LogP contribution in [0, 0.1) is 5.92 Å². The molecule has 1 aromatic carbocycles. The Labute approximate surface area is 247 Å². The van der Waals surface area contributed by atoms with Crippen molar-refractivity contribution in [3.63, 3.8) is 0 Å². The number of rotatable bonds is 16. The lowest BCUT2D eigenvalue weighted by Gasteiger charge is -2.14. The van der Waals surface area contributed by atoms with Gasteiger partial charge in [0.2, 0.25) is 11.9 Å². The van der Waals surface area contributed by atoms with E-state index < -0.39 is 5.92 Å². The average Bonchev–Trinajstić information content (AvgIpc) is 2.96. The van der Waals surface area contributed by atoms with Gasteiger partial charge < -0.3 is 26.2 Å². The molecule has 0 spiro atoms. The molecule has 0 aliphatic heterocycles. The van der Waals surface area contributed by atoms with Gasteiger partial charge in [-0.1, -0.05) is 26.0 Å². The van der Waals surface area contributed by atoms with Crippen LogP contribution in [0.3, 0.4) is 0 Å². The standard InChI is InChI=1S/C31H40N8O3/c1-5-14-33-28-27(21-35-31(38-28)34-17-13-23-11-15-32-16-12-23)30(42)37-25-9-6-8-24(20-25)36-29(41)22(2)19-26(40)10-7-18-39(3)4/h6-12,15-16,20-22H,5,13-14,17-19H2,1-4H3,(H,36,41)(H,37,42)(H2,33,34,35,38)/b10-7+/t22-/m1/s1. The van der Waals surface area contributed by atoms with E-state index in [1.54, 1.807) is 49.7 Å². The molecule has 0 saturated carbocycles. The molecule has 222 valence electrons. The first-order valence-electron chi connectivity index (χ1n) is 14.0. The summed E-state index contributed by atoms with van der Waals surface area (Å²) in [5.41, 5.74) is 2.45. The van der Waals surface area contributed by atoms with Crippen LogP contribution in [0.5, 0.6) is 0 Å². The number of carbonyl (C=O) groups excluding carboxylic acids is 3. The van der Waals surface area contributed by atoms with Crippen LogP contribution < -0.4 is 21.3 Å². The molecule has 2 aromatic heterocycles. The summed E-state index contributed by atoms with van der Waals surface area (Å²) >= 11 is 0. The van der Waals surface area contributed by atoms with Crippen molar-refractivity contribution in [2.75, 3.05) is 55.0 Å². The van der Waals surface area contributed by atoms with Gasteiger partial charge in [-0.2, -0.15) is 4.98 Å². The maximum Gasteiger partial charge on any atom is 0.260 e. The van der Waals surface area contributed by atoms with Gasteiger partial charge in [0, 0.05) is 61.9 Å². The van der Waals surface area contributed by atoms with Crippen molar-refractivity contribution < 1.29 is 14.4 Å². The van der Waals surface area contributed by atoms with Gasteiger partial charge in [0.25, 0.3) is 5.91 Å². The molecule has 2 heterocycles. The second kappa shape index (κ2) is 16.6. The van der Waals surface area contributed by atoms with Crippen molar-refractivity contribution >= 4 is 40.7 Å². The predicted octanol–water partition coefficient (Wildman–Crippen LogP) is 4.25. The number of carbonyl (C=O) groups is 3. The van der Waals surface area contributed by atoms with Crippen LogP contribution in [0.25, 0.3) is 0 Å². The van der Waals surface area contributed by atoms with Crippen molar-refractivity contribution in [1.29, 1.82) is 0 Å². The lowest BCUT2D eigenvalue weighted by molar-refractivity contribution is -0.123. The summed E-state index contributed by atoms with van der Waals surface area (Å²) < 4.78 is 0. The van der Waals surface area contributed by atoms with Gasteiger partial charge in [-0.05, 0) is 68.9 Å². The number of nitrogens with one attached hydrogen (secondary N) is 4. The maximum atomic E-state index is 13.2. The Morgan fingerprint density at radius 1 is 1.00 bits per heavy atom. The summed E-state index contributed by atoms with van der Waals surface area (Å²) in [6.45, 7) is 5.66. The number of allylic oxidation sites excluding steroid dienone is 1. The molecule has 0 aliphatic carbocycles. The number of benzene rings is 1. The quantitative estimate of drug-likeness (QED) is 0.185.